The summed E-state index contributed by atoms with van der Waals surface area (Å²) in [7, 11) is 0. The van der Waals surface area contributed by atoms with Crippen LogP contribution in [0.5, 0.6) is 11.5 Å². The number of rotatable bonds is 15. The van der Waals surface area contributed by atoms with Gasteiger partial charge < -0.3 is 20.8 Å². The lowest BCUT2D eigenvalue weighted by molar-refractivity contribution is -0.121. The first-order valence-corrected chi connectivity index (χ1v) is 19.6. The average molecular weight is 759 g/mol. The maximum atomic E-state index is 12.8. The van der Waals surface area contributed by atoms with E-state index in [4.69, 9.17) is 0 Å². The minimum atomic E-state index is -0.322. The van der Waals surface area contributed by atoms with E-state index in [0.29, 0.717) is 50.1 Å². The molecule has 0 spiro atoms. The van der Waals surface area contributed by atoms with Gasteiger partial charge in [0.25, 0.3) is 0 Å². The second kappa shape index (κ2) is 16.9. The molecule has 0 fully saturated rings. The number of carbonyl (C=O) groups excluding carboxylic acids is 2. The maximum absolute atomic E-state index is 12.8. The Bertz CT molecular complexity index is 2100. The minimum absolute atomic E-state index is 0.0168. The van der Waals surface area contributed by atoms with Gasteiger partial charge in [0.15, 0.2) is 0 Å². The lowest BCUT2D eigenvalue weighted by Gasteiger charge is -2.23. The zero-order valence-electron chi connectivity index (χ0n) is 33.4. The molecular formula is C44H54N8O4. The molecule has 0 aliphatic rings. The van der Waals surface area contributed by atoms with Gasteiger partial charge in [-0.3, -0.25) is 9.59 Å². The monoisotopic (exact) mass is 758 g/mol. The minimum Gasteiger partial charge on any atom is -0.505 e. The molecule has 12 heteroatoms. The summed E-state index contributed by atoms with van der Waals surface area (Å²) < 4.78 is 0. The first kappa shape index (κ1) is 39.9. The molecule has 12 nitrogen and oxygen atoms in total. The van der Waals surface area contributed by atoms with E-state index in [9.17, 15) is 19.8 Å². The van der Waals surface area contributed by atoms with Crippen LogP contribution in [0.3, 0.4) is 0 Å². The van der Waals surface area contributed by atoms with Crippen LogP contribution in [-0.2, 0) is 33.3 Å². The van der Waals surface area contributed by atoms with Crippen molar-refractivity contribution in [1.29, 1.82) is 0 Å². The molecule has 0 aliphatic carbocycles. The zero-order valence-corrected chi connectivity index (χ0v) is 33.4. The molecule has 2 amide bonds. The van der Waals surface area contributed by atoms with Crippen molar-refractivity contribution in [3.05, 3.63) is 95.1 Å². The summed E-state index contributed by atoms with van der Waals surface area (Å²) in [6.07, 6.45) is 5.30. The van der Waals surface area contributed by atoms with Crippen LogP contribution in [0, 0.1) is 0 Å². The largest absolute Gasteiger partial charge is 0.505 e. The number of carbonyl (C=O) groups is 2. The Labute approximate surface area is 328 Å². The van der Waals surface area contributed by atoms with Crippen molar-refractivity contribution in [1.82, 2.24) is 40.6 Å². The Hall–Kier alpha value is -5.78. The lowest BCUT2D eigenvalue weighted by Crippen LogP contribution is -2.25. The second-order valence-corrected chi connectivity index (χ2v) is 16.6. The Morgan fingerprint density at radius 1 is 0.554 bits per heavy atom. The summed E-state index contributed by atoms with van der Waals surface area (Å²) in [6, 6.07) is 22.8. The van der Waals surface area contributed by atoms with Crippen molar-refractivity contribution >= 4 is 33.9 Å². The normalized spacial score (nSPS) is 12.0. The summed E-state index contributed by atoms with van der Waals surface area (Å²) in [4.78, 5) is 28.5. The number of benzene rings is 4. The third-order valence-electron chi connectivity index (χ3n) is 9.95. The Morgan fingerprint density at radius 3 is 1.21 bits per heavy atom. The summed E-state index contributed by atoms with van der Waals surface area (Å²) in [6.45, 7) is 13.5. The van der Waals surface area contributed by atoms with E-state index in [1.54, 1.807) is 0 Å². The second-order valence-electron chi connectivity index (χ2n) is 16.6. The number of aryl methyl sites for hydroxylation is 2. The van der Waals surface area contributed by atoms with Crippen LogP contribution >= 0.6 is 0 Å². The van der Waals surface area contributed by atoms with E-state index in [1.165, 1.54) is 9.59 Å². The van der Waals surface area contributed by atoms with Crippen LogP contribution in [0.25, 0.3) is 33.4 Å². The van der Waals surface area contributed by atoms with E-state index < -0.39 is 0 Å². The fraction of sp³-hybridized carbons (Fsp3) is 0.409. The Balaban J connectivity index is 0.915. The van der Waals surface area contributed by atoms with Gasteiger partial charge in [0.05, 0.1) is 0 Å². The topological polar surface area (TPSA) is 160 Å². The molecule has 2 aromatic heterocycles. The highest BCUT2D eigenvalue weighted by molar-refractivity contribution is 5.77. The quantitative estimate of drug-likeness (QED) is 0.0783. The van der Waals surface area contributed by atoms with Crippen molar-refractivity contribution in [2.24, 2.45) is 0 Å². The predicted octanol–water partition coefficient (Wildman–Crippen LogP) is 7.52. The van der Waals surface area contributed by atoms with Crippen molar-refractivity contribution in [3.63, 3.8) is 0 Å². The molecule has 0 saturated heterocycles. The number of unbranched alkanes of at least 4 members (excludes halogenated alkanes) is 3. The third-order valence-corrected chi connectivity index (χ3v) is 9.95. The number of nitrogens with zero attached hydrogens (tertiary/aromatic N) is 6. The summed E-state index contributed by atoms with van der Waals surface area (Å²) in [5, 5.41) is 46.8. The van der Waals surface area contributed by atoms with E-state index >= 15 is 0 Å². The summed E-state index contributed by atoms with van der Waals surface area (Å²) >= 11 is 0. The molecule has 6 aromatic rings. The van der Waals surface area contributed by atoms with Gasteiger partial charge in [-0.25, -0.2) is 0 Å². The van der Waals surface area contributed by atoms with Gasteiger partial charge in [0.1, 0.15) is 44.9 Å². The van der Waals surface area contributed by atoms with Crippen LogP contribution in [0.4, 0.5) is 0 Å². The Kier molecular flexibility index (Phi) is 12.1. The number of phenols is 2. The zero-order chi connectivity index (χ0) is 40.0. The molecule has 6 rings (SSSR count). The van der Waals surface area contributed by atoms with Crippen molar-refractivity contribution in [2.75, 3.05) is 13.1 Å². The number of phenolic OH excluding ortho intramolecular Hbond substituents is 2. The molecule has 2 heterocycles. The van der Waals surface area contributed by atoms with E-state index in [1.807, 2.05) is 114 Å². The first-order valence-electron chi connectivity index (χ1n) is 19.6. The van der Waals surface area contributed by atoms with Crippen LogP contribution in [0.2, 0.25) is 0 Å². The van der Waals surface area contributed by atoms with Crippen LogP contribution < -0.4 is 10.6 Å². The van der Waals surface area contributed by atoms with Crippen LogP contribution in [-0.4, -0.2) is 65.1 Å². The lowest BCUT2D eigenvalue weighted by atomic mass is 9.84. The van der Waals surface area contributed by atoms with Gasteiger partial charge in [-0.05, 0) is 84.0 Å². The van der Waals surface area contributed by atoms with Crippen molar-refractivity contribution in [2.45, 2.75) is 104 Å². The molecule has 0 saturated carbocycles. The number of nitrogens with one attached hydrogen (secondary N) is 2. The van der Waals surface area contributed by atoms with Gasteiger partial charge in [0, 0.05) is 37.1 Å². The molecule has 4 N–H and O–H groups in total. The van der Waals surface area contributed by atoms with Gasteiger partial charge in [0.2, 0.25) is 11.8 Å². The molecule has 0 radical (unpaired) electrons. The first-order chi connectivity index (χ1) is 26.7. The number of hydrogen-bond donors (Lipinski definition) is 4. The van der Waals surface area contributed by atoms with Crippen molar-refractivity contribution in [3.8, 4) is 22.9 Å². The standard InChI is InChI=1S/C44H54N8O4/c1-43(2,3)31-25-29(27-37(41(31)55)51-47-33-15-9-10-16-34(33)48-51)19-21-39(53)45-23-13-7-8-14-24-46-40(54)22-20-30-26-32(44(4,5)6)42(56)38(28-30)52-49-35-17-11-12-18-36(35)50-52/h9-12,15-18,25-28,55-56H,7-8,13-14,19-24H2,1-6H3,(H,45,53)(H,46,54). The summed E-state index contributed by atoms with van der Waals surface area (Å²) in [5.41, 5.74) is 6.74. The molecule has 0 unspecified atom stereocenters. The molecule has 0 aliphatic heterocycles. The molecule has 0 bridgehead atoms. The number of aromatic nitrogens is 6. The van der Waals surface area contributed by atoms with Crippen molar-refractivity contribution < 1.29 is 19.8 Å². The van der Waals surface area contributed by atoms with E-state index in [-0.39, 0.29) is 34.1 Å². The number of hydrogen-bond acceptors (Lipinski definition) is 8. The Morgan fingerprint density at radius 2 is 0.893 bits per heavy atom. The van der Waals surface area contributed by atoms with Gasteiger partial charge >= 0.3 is 0 Å². The number of aromatic hydroxyl groups is 2. The molecule has 294 valence electrons. The summed E-state index contributed by atoms with van der Waals surface area (Å²) in [5.74, 6) is 0.247. The highest BCUT2D eigenvalue weighted by Gasteiger charge is 2.25. The van der Waals surface area contributed by atoms with Crippen LogP contribution in [0.1, 0.15) is 102 Å². The molecular weight excluding hydrogens is 705 g/mol. The highest BCUT2D eigenvalue weighted by Crippen LogP contribution is 2.38. The van der Waals surface area contributed by atoms with E-state index in [2.05, 4.69) is 31.0 Å². The average Bonchev–Trinajstić information content (AvgIpc) is 3.79. The van der Waals surface area contributed by atoms with Crippen LogP contribution in [0.15, 0.2) is 72.8 Å². The van der Waals surface area contributed by atoms with E-state index in [0.717, 1.165) is 70.0 Å². The fourth-order valence-electron chi connectivity index (χ4n) is 6.78. The van der Waals surface area contributed by atoms with Gasteiger partial charge in [-0.1, -0.05) is 90.8 Å². The molecule has 0 atom stereocenters. The molecule has 56 heavy (non-hydrogen) atoms. The molecule has 4 aromatic carbocycles. The SMILES string of the molecule is CC(C)(C)c1cc(CCC(=O)NCCCCCCNC(=O)CCc2cc(-n3nc4ccccc4n3)c(O)c(C(C)(C)C)c2)cc(-n2nc3ccccc3n2)c1O. The highest BCUT2D eigenvalue weighted by atomic mass is 16.3. The predicted molar refractivity (Wildman–Crippen MR) is 220 cm³/mol. The van der Waals surface area contributed by atoms with Gasteiger partial charge in [-0.15, -0.1) is 30.0 Å². The smallest absolute Gasteiger partial charge is 0.220 e. The number of fused-ring (bicyclic) bond motifs is 2. The van der Waals surface area contributed by atoms with Gasteiger partial charge in [-0.2, -0.15) is 0 Å². The fourth-order valence-corrected chi connectivity index (χ4v) is 6.78. The maximum Gasteiger partial charge on any atom is 0.220 e. The third kappa shape index (κ3) is 9.71. The number of amides is 2.